The first-order chi connectivity index (χ1) is 7.75. The maximum atomic E-state index is 4.68. The molecule has 1 unspecified atom stereocenters. The Morgan fingerprint density at radius 2 is 2.31 bits per heavy atom. The average molecular weight is 219 g/mol. The van der Waals surface area contributed by atoms with Crippen molar-refractivity contribution in [3.05, 3.63) is 17.2 Å². The first-order valence-corrected chi connectivity index (χ1v) is 6.51. The largest absolute Gasteiger partial charge is 0.332 e. The van der Waals surface area contributed by atoms with E-state index in [0.29, 0.717) is 0 Å². The van der Waals surface area contributed by atoms with Crippen LogP contribution in [-0.2, 0) is 19.5 Å². The average Bonchev–Trinajstić information content (AvgIpc) is 3.06. The zero-order valence-electron chi connectivity index (χ0n) is 10.3. The number of hydrogen-bond donors (Lipinski definition) is 1. The molecule has 3 nitrogen and oxygen atoms in total. The Kier molecular flexibility index (Phi) is 2.51. The Morgan fingerprint density at radius 3 is 3.06 bits per heavy atom. The molecule has 2 heterocycles. The van der Waals surface area contributed by atoms with E-state index in [1.54, 1.807) is 0 Å². The van der Waals surface area contributed by atoms with Crippen LogP contribution in [0.2, 0.25) is 0 Å². The van der Waals surface area contributed by atoms with Gasteiger partial charge in [-0.2, -0.15) is 0 Å². The second kappa shape index (κ2) is 3.88. The molecular weight excluding hydrogens is 198 g/mol. The predicted molar refractivity (Wildman–Crippen MR) is 64.3 cm³/mol. The molecule has 0 aromatic carbocycles. The van der Waals surface area contributed by atoms with Crippen LogP contribution in [0, 0.1) is 18.8 Å². The Hall–Kier alpha value is -0.830. The molecule has 1 aromatic heterocycles. The maximum Gasteiger partial charge on any atom is 0.106 e. The van der Waals surface area contributed by atoms with Gasteiger partial charge in [-0.15, -0.1) is 0 Å². The highest BCUT2D eigenvalue weighted by molar-refractivity contribution is 5.20. The van der Waals surface area contributed by atoms with Crippen molar-refractivity contribution < 1.29 is 0 Å². The predicted octanol–water partition coefficient (Wildman–Crippen LogP) is 1.88. The van der Waals surface area contributed by atoms with E-state index in [0.717, 1.165) is 31.3 Å². The van der Waals surface area contributed by atoms with Gasteiger partial charge in [0.15, 0.2) is 0 Å². The molecule has 1 N–H and O–H groups in total. The SMILES string of the molecule is Cc1nc2c(n1CC(C)C1CC1)CCNC2. The molecule has 0 radical (unpaired) electrons. The first-order valence-electron chi connectivity index (χ1n) is 6.51. The summed E-state index contributed by atoms with van der Waals surface area (Å²) in [5.41, 5.74) is 2.77. The topological polar surface area (TPSA) is 29.9 Å². The van der Waals surface area contributed by atoms with E-state index in [2.05, 4.69) is 28.7 Å². The van der Waals surface area contributed by atoms with Crippen molar-refractivity contribution in [2.45, 2.75) is 46.2 Å². The zero-order chi connectivity index (χ0) is 11.1. The molecule has 3 heteroatoms. The molecule has 0 bridgehead atoms. The van der Waals surface area contributed by atoms with Crippen LogP contribution in [0.5, 0.6) is 0 Å². The van der Waals surface area contributed by atoms with Crippen LogP contribution in [-0.4, -0.2) is 16.1 Å². The van der Waals surface area contributed by atoms with E-state index in [9.17, 15) is 0 Å². The van der Waals surface area contributed by atoms with Gasteiger partial charge in [0, 0.05) is 31.7 Å². The third-order valence-electron chi connectivity index (χ3n) is 4.07. The van der Waals surface area contributed by atoms with E-state index < -0.39 is 0 Å². The van der Waals surface area contributed by atoms with Crippen molar-refractivity contribution in [3.63, 3.8) is 0 Å². The Morgan fingerprint density at radius 1 is 1.50 bits per heavy atom. The van der Waals surface area contributed by atoms with E-state index in [1.807, 2.05) is 0 Å². The quantitative estimate of drug-likeness (QED) is 0.841. The van der Waals surface area contributed by atoms with Crippen LogP contribution in [0.4, 0.5) is 0 Å². The summed E-state index contributed by atoms with van der Waals surface area (Å²) in [6, 6.07) is 0. The lowest BCUT2D eigenvalue weighted by Gasteiger charge is -2.18. The van der Waals surface area contributed by atoms with Gasteiger partial charge in [-0.3, -0.25) is 0 Å². The van der Waals surface area contributed by atoms with Crippen molar-refractivity contribution in [2.24, 2.45) is 11.8 Å². The van der Waals surface area contributed by atoms with Crippen LogP contribution in [0.3, 0.4) is 0 Å². The maximum absolute atomic E-state index is 4.68. The number of fused-ring (bicyclic) bond motifs is 1. The molecule has 16 heavy (non-hydrogen) atoms. The molecule has 2 aliphatic rings. The summed E-state index contributed by atoms with van der Waals surface area (Å²) in [4.78, 5) is 4.68. The van der Waals surface area contributed by atoms with Gasteiger partial charge in [-0.25, -0.2) is 4.98 Å². The van der Waals surface area contributed by atoms with Crippen LogP contribution in [0.15, 0.2) is 0 Å². The summed E-state index contributed by atoms with van der Waals surface area (Å²) >= 11 is 0. The summed E-state index contributed by atoms with van der Waals surface area (Å²) in [6.45, 7) is 7.79. The van der Waals surface area contributed by atoms with E-state index in [-0.39, 0.29) is 0 Å². The van der Waals surface area contributed by atoms with E-state index in [1.165, 1.54) is 36.6 Å². The third kappa shape index (κ3) is 1.77. The standard InChI is InChI=1S/C13H21N3/c1-9(11-3-4-11)8-16-10(2)15-12-7-14-6-5-13(12)16/h9,11,14H,3-8H2,1-2H3. The van der Waals surface area contributed by atoms with Crippen LogP contribution in [0.1, 0.15) is 37.0 Å². The molecule has 0 saturated heterocycles. The molecule has 0 amide bonds. The smallest absolute Gasteiger partial charge is 0.106 e. The molecule has 1 aliphatic carbocycles. The number of nitrogens with one attached hydrogen (secondary N) is 1. The van der Waals surface area contributed by atoms with Crippen molar-refractivity contribution in [1.82, 2.24) is 14.9 Å². The van der Waals surface area contributed by atoms with Gasteiger partial charge in [0.25, 0.3) is 0 Å². The lowest BCUT2D eigenvalue weighted by molar-refractivity contribution is 0.414. The van der Waals surface area contributed by atoms with Gasteiger partial charge < -0.3 is 9.88 Å². The number of rotatable bonds is 3. The van der Waals surface area contributed by atoms with E-state index in [4.69, 9.17) is 0 Å². The van der Waals surface area contributed by atoms with Gasteiger partial charge in [0.2, 0.25) is 0 Å². The number of aromatic nitrogens is 2. The van der Waals surface area contributed by atoms with E-state index >= 15 is 0 Å². The monoisotopic (exact) mass is 219 g/mol. The van der Waals surface area contributed by atoms with Gasteiger partial charge in [-0.1, -0.05) is 6.92 Å². The van der Waals surface area contributed by atoms with Gasteiger partial charge in [-0.05, 0) is 31.6 Å². The molecule has 1 aliphatic heterocycles. The van der Waals surface area contributed by atoms with Crippen molar-refractivity contribution in [3.8, 4) is 0 Å². The van der Waals surface area contributed by atoms with Gasteiger partial charge >= 0.3 is 0 Å². The fourth-order valence-electron chi connectivity index (χ4n) is 2.85. The van der Waals surface area contributed by atoms with Gasteiger partial charge in [0.05, 0.1) is 5.69 Å². The van der Waals surface area contributed by atoms with Gasteiger partial charge in [0.1, 0.15) is 5.82 Å². The van der Waals surface area contributed by atoms with Crippen molar-refractivity contribution >= 4 is 0 Å². The number of nitrogens with zero attached hydrogens (tertiary/aromatic N) is 2. The molecule has 0 spiro atoms. The summed E-state index contributed by atoms with van der Waals surface area (Å²) < 4.78 is 2.47. The van der Waals surface area contributed by atoms with Crippen LogP contribution >= 0.6 is 0 Å². The Balaban J connectivity index is 1.84. The van der Waals surface area contributed by atoms with Crippen LogP contribution < -0.4 is 5.32 Å². The highest BCUT2D eigenvalue weighted by atomic mass is 15.1. The molecule has 88 valence electrons. The number of hydrogen-bond acceptors (Lipinski definition) is 2. The molecule has 3 rings (SSSR count). The minimum Gasteiger partial charge on any atom is -0.332 e. The minimum atomic E-state index is 0.826. The van der Waals surface area contributed by atoms with Crippen molar-refractivity contribution in [2.75, 3.05) is 6.54 Å². The summed E-state index contributed by atoms with van der Waals surface area (Å²) in [6.07, 6.45) is 4.03. The second-order valence-electron chi connectivity index (χ2n) is 5.40. The molecule has 1 fully saturated rings. The zero-order valence-corrected chi connectivity index (χ0v) is 10.3. The first kappa shape index (κ1) is 10.3. The summed E-state index contributed by atoms with van der Waals surface area (Å²) in [5, 5.41) is 3.39. The molecule has 1 saturated carbocycles. The summed E-state index contributed by atoms with van der Waals surface area (Å²) in [7, 11) is 0. The fraction of sp³-hybridized carbons (Fsp3) is 0.769. The minimum absolute atomic E-state index is 0.826. The Labute approximate surface area is 97.3 Å². The highest BCUT2D eigenvalue weighted by Gasteiger charge is 2.29. The number of imidazole rings is 1. The molecule has 1 atom stereocenters. The highest BCUT2D eigenvalue weighted by Crippen LogP contribution is 2.37. The second-order valence-corrected chi connectivity index (χ2v) is 5.40. The molecule has 1 aromatic rings. The third-order valence-corrected chi connectivity index (χ3v) is 4.07. The lowest BCUT2D eigenvalue weighted by atomic mass is 10.1. The summed E-state index contributed by atoms with van der Waals surface area (Å²) in [5.74, 6) is 3.02. The lowest BCUT2D eigenvalue weighted by Crippen LogP contribution is -2.25. The number of aryl methyl sites for hydroxylation is 1. The molecular formula is C13H21N3. The van der Waals surface area contributed by atoms with Crippen LogP contribution in [0.25, 0.3) is 0 Å². The van der Waals surface area contributed by atoms with Crippen molar-refractivity contribution in [1.29, 1.82) is 0 Å². The Bertz CT molecular complexity index is 390. The normalized spacial score (nSPS) is 21.9. The fourth-order valence-corrected chi connectivity index (χ4v) is 2.85.